The van der Waals surface area contributed by atoms with Crippen LogP contribution in [0.5, 0.6) is 0 Å². The molecule has 1 amide bonds. The Balaban J connectivity index is 1.65. The van der Waals surface area contributed by atoms with Crippen molar-refractivity contribution in [3.8, 4) is 0 Å². The van der Waals surface area contributed by atoms with Crippen molar-refractivity contribution in [2.45, 2.75) is 70.2 Å². The number of hydrogen-bond donors (Lipinski definition) is 1. The fourth-order valence-corrected chi connectivity index (χ4v) is 3.69. The van der Waals surface area contributed by atoms with E-state index in [1.165, 1.54) is 12.8 Å². The molecular formula is C15H26N2O2. The maximum Gasteiger partial charge on any atom is 0.239 e. The van der Waals surface area contributed by atoms with Crippen LogP contribution in [0, 0.1) is 5.41 Å². The van der Waals surface area contributed by atoms with Gasteiger partial charge in [0.1, 0.15) is 0 Å². The summed E-state index contributed by atoms with van der Waals surface area (Å²) in [6.07, 6.45) is 5.90. The average Bonchev–Trinajstić information content (AvgIpc) is 3.17. The van der Waals surface area contributed by atoms with Gasteiger partial charge < -0.3 is 15.0 Å². The van der Waals surface area contributed by atoms with Crippen LogP contribution in [-0.2, 0) is 9.53 Å². The minimum absolute atomic E-state index is 0.0682. The molecule has 1 saturated heterocycles. The summed E-state index contributed by atoms with van der Waals surface area (Å²) in [7, 11) is 1.78. The molecule has 3 fully saturated rings. The van der Waals surface area contributed by atoms with Crippen molar-refractivity contribution in [1.29, 1.82) is 0 Å². The first-order valence-corrected chi connectivity index (χ1v) is 7.63. The number of piperidine rings is 1. The number of methoxy groups -OCH3 is 1. The van der Waals surface area contributed by atoms with E-state index in [1.807, 2.05) is 0 Å². The van der Waals surface area contributed by atoms with Gasteiger partial charge in [-0.3, -0.25) is 4.79 Å². The molecule has 0 aromatic rings. The first-order valence-electron chi connectivity index (χ1n) is 7.63. The summed E-state index contributed by atoms with van der Waals surface area (Å²) < 4.78 is 5.51. The number of likely N-dealkylation sites (tertiary alicyclic amines) is 1. The Labute approximate surface area is 115 Å². The first kappa shape index (κ1) is 13.4. The first-order chi connectivity index (χ1) is 9.04. The highest BCUT2D eigenvalue weighted by Gasteiger charge is 2.53. The minimum Gasteiger partial charge on any atom is -0.381 e. The van der Waals surface area contributed by atoms with Crippen LogP contribution in [0.15, 0.2) is 0 Å². The number of ether oxygens (including phenoxy) is 1. The molecule has 3 unspecified atom stereocenters. The molecule has 1 N–H and O–H groups in total. The largest absolute Gasteiger partial charge is 0.381 e. The van der Waals surface area contributed by atoms with Gasteiger partial charge in [-0.05, 0) is 32.1 Å². The molecule has 2 saturated carbocycles. The monoisotopic (exact) mass is 266 g/mol. The number of nitrogens with zero attached hydrogens (tertiary/aromatic N) is 1. The van der Waals surface area contributed by atoms with Gasteiger partial charge in [-0.15, -0.1) is 0 Å². The zero-order valence-corrected chi connectivity index (χ0v) is 12.3. The second-order valence-electron chi connectivity index (χ2n) is 6.96. The van der Waals surface area contributed by atoms with E-state index in [1.54, 1.807) is 7.11 Å². The number of nitrogens with one attached hydrogen (secondary N) is 1. The lowest BCUT2D eigenvalue weighted by Crippen LogP contribution is -2.66. The van der Waals surface area contributed by atoms with Gasteiger partial charge >= 0.3 is 0 Å². The van der Waals surface area contributed by atoms with Crippen molar-refractivity contribution in [1.82, 2.24) is 10.2 Å². The molecule has 1 aliphatic heterocycles. The molecule has 108 valence electrons. The van der Waals surface area contributed by atoms with Crippen LogP contribution in [0.3, 0.4) is 0 Å². The highest BCUT2D eigenvalue weighted by Crippen LogP contribution is 2.46. The Hall–Kier alpha value is -0.610. The third-order valence-electron chi connectivity index (χ3n) is 5.27. The van der Waals surface area contributed by atoms with E-state index in [4.69, 9.17) is 4.74 Å². The molecule has 1 heterocycles. The number of hydrogen-bond acceptors (Lipinski definition) is 3. The summed E-state index contributed by atoms with van der Waals surface area (Å²) >= 11 is 0. The summed E-state index contributed by atoms with van der Waals surface area (Å²) in [6, 6.07) is 1.03. The van der Waals surface area contributed by atoms with E-state index in [0.29, 0.717) is 24.1 Å². The van der Waals surface area contributed by atoms with E-state index in [0.717, 1.165) is 25.8 Å². The minimum atomic E-state index is 0.0682. The van der Waals surface area contributed by atoms with E-state index < -0.39 is 0 Å². The van der Waals surface area contributed by atoms with Crippen LogP contribution in [0.1, 0.15) is 46.0 Å². The normalized spacial score (nSPS) is 38.2. The SMILES string of the molecule is COC1CC(N2CCCC(NC3CC3)C2=O)C1(C)C. The van der Waals surface area contributed by atoms with E-state index >= 15 is 0 Å². The number of amides is 1. The van der Waals surface area contributed by atoms with Crippen molar-refractivity contribution in [3.05, 3.63) is 0 Å². The quantitative estimate of drug-likeness (QED) is 0.839. The predicted octanol–water partition coefficient (Wildman–Crippen LogP) is 1.54. The Kier molecular flexibility index (Phi) is 3.34. The van der Waals surface area contributed by atoms with Gasteiger partial charge in [0, 0.05) is 31.2 Å². The Morgan fingerprint density at radius 2 is 2.05 bits per heavy atom. The lowest BCUT2D eigenvalue weighted by Gasteiger charge is -2.56. The van der Waals surface area contributed by atoms with Gasteiger partial charge in [-0.2, -0.15) is 0 Å². The van der Waals surface area contributed by atoms with Gasteiger partial charge in [0.15, 0.2) is 0 Å². The Morgan fingerprint density at radius 1 is 1.32 bits per heavy atom. The summed E-state index contributed by atoms with van der Waals surface area (Å²) in [6.45, 7) is 5.37. The Morgan fingerprint density at radius 3 is 2.63 bits per heavy atom. The smallest absolute Gasteiger partial charge is 0.239 e. The second-order valence-corrected chi connectivity index (χ2v) is 6.96. The molecular weight excluding hydrogens is 240 g/mol. The molecule has 0 bridgehead atoms. The lowest BCUT2D eigenvalue weighted by molar-refractivity contribution is -0.167. The highest BCUT2D eigenvalue weighted by molar-refractivity contribution is 5.83. The number of carbonyl (C=O) groups excluding carboxylic acids is 1. The van der Waals surface area contributed by atoms with Crippen molar-refractivity contribution < 1.29 is 9.53 Å². The molecule has 3 rings (SSSR count). The zero-order chi connectivity index (χ0) is 13.6. The molecule has 3 aliphatic rings. The molecule has 0 aromatic carbocycles. The maximum absolute atomic E-state index is 12.6. The third-order valence-corrected chi connectivity index (χ3v) is 5.27. The molecule has 2 aliphatic carbocycles. The van der Waals surface area contributed by atoms with E-state index in [9.17, 15) is 4.79 Å². The third kappa shape index (κ3) is 2.29. The number of rotatable bonds is 4. The summed E-state index contributed by atoms with van der Waals surface area (Å²) in [5.41, 5.74) is 0.0892. The second kappa shape index (κ2) is 4.74. The van der Waals surface area contributed by atoms with E-state index in [2.05, 4.69) is 24.1 Å². The standard InChI is InChI=1S/C15H26N2O2/c1-15(2)12(9-13(15)19-3)17-8-4-5-11(14(17)18)16-10-6-7-10/h10-13,16H,4-9H2,1-3H3. The van der Waals surface area contributed by atoms with Crippen molar-refractivity contribution in [2.24, 2.45) is 5.41 Å². The topological polar surface area (TPSA) is 41.6 Å². The fraction of sp³-hybridized carbons (Fsp3) is 0.933. The van der Waals surface area contributed by atoms with Gasteiger partial charge in [-0.25, -0.2) is 0 Å². The summed E-state index contributed by atoms with van der Waals surface area (Å²) in [5.74, 6) is 0.325. The van der Waals surface area contributed by atoms with Gasteiger partial charge in [0.2, 0.25) is 5.91 Å². The summed E-state index contributed by atoms with van der Waals surface area (Å²) in [5, 5.41) is 3.51. The molecule has 4 heteroatoms. The zero-order valence-electron chi connectivity index (χ0n) is 12.3. The lowest BCUT2D eigenvalue weighted by atomic mass is 9.63. The molecule has 4 nitrogen and oxygen atoms in total. The maximum atomic E-state index is 12.6. The van der Waals surface area contributed by atoms with Crippen LogP contribution in [-0.4, -0.2) is 48.7 Å². The van der Waals surface area contributed by atoms with Crippen molar-refractivity contribution >= 4 is 5.91 Å². The van der Waals surface area contributed by atoms with Gasteiger partial charge in [0.05, 0.1) is 12.1 Å². The van der Waals surface area contributed by atoms with Crippen LogP contribution in [0.25, 0.3) is 0 Å². The number of carbonyl (C=O) groups is 1. The predicted molar refractivity (Wildman–Crippen MR) is 73.9 cm³/mol. The molecule has 3 atom stereocenters. The highest BCUT2D eigenvalue weighted by atomic mass is 16.5. The fourth-order valence-electron chi connectivity index (χ4n) is 3.69. The van der Waals surface area contributed by atoms with Crippen LogP contribution in [0.2, 0.25) is 0 Å². The Bertz CT molecular complexity index is 365. The van der Waals surface area contributed by atoms with Crippen LogP contribution < -0.4 is 5.32 Å². The van der Waals surface area contributed by atoms with E-state index in [-0.39, 0.29) is 11.5 Å². The van der Waals surface area contributed by atoms with Crippen molar-refractivity contribution in [2.75, 3.05) is 13.7 Å². The molecule has 0 spiro atoms. The van der Waals surface area contributed by atoms with Crippen LogP contribution >= 0.6 is 0 Å². The van der Waals surface area contributed by atoms with Crippen LogP contribution in [0.4, 0.5) is 0 Å². The molecule has 0 aromatic heterocycles. The summed E-state index contributed by atoms with van der Waals surface area (Å²) in [4.78, 5) is 14.8. The molecule has 19 heavy (non-hydrogen) atoms. The van der Waals surface area contributed by atoms with Gasteiger partial charge in [-0.1, -0.05) is 13.8 Å². The molecule has 0 radical (unpaired) electrons. The average molecular weight is 266 g/mol. The van der Waals surface area contributed by atoms with Crippen molar-refractivity contribution in [3.63, 3.8) is 0 Å². The van der Waals surface area contributed by atoms with Gasteiger partial charge in [0.25, 0.3) is 0 Å².